The Hall–Kier alpha value is -7.02. The number of hydrogen-bond acceptors (Lipinski definition) is 13. The van der Waals surface area contributed by atoms with Gasteiger partial charge in [-0.05, 0) is 124 Å². The Balaban J connectivity index is 0.702. The minimum Gasteiger partial charge on any atom is -0.371 e. The second kappa shape index (κ2) is 18.3. The second-order valence-electron chi connectivity index (χ2n) is 18.5. The molecule has 348 valence electrons. The fraction of sp³-hybridized carbons (Fsp3) is 0.438. The Labute approximate surface area is 386 Å². The summed E-state index contributed by atoms with van der Waals surface area (Å²) in [5, 5.41) is 13.9. The smallest absolute Gasteiger partial charge is 0.324 e. The molecule has 5 fully saturated rings. The lowest BCUT2D eigenvalue weighted by molar-refractivity contribution is -0.136. The van der Waals surface area contributed by atoms with E-state index in [2.05, 4.69) is 42.8 Å². The van der Waals surface area contributed by atoms with E-state index in [-0.39, 0.29) is 47.8 Å². The molecule has 7 heterocycles. The summed E-state index contributed by atoms with van der Waals surface area (Å²) in [6.45, 7) is 6.83. The second-order valence-corrected chi connectivity index (χ2v) is 18.5. The number of carbonyl (C=O) groups excluding carboxylic acids is 6. The summed E-state index contributed by atoms with van der Waals surface area (Å²) in [6.07, 6.45) is 5.91. The van der Waals surface area contributed by atoms with E-state index < -0.39 is 35.6 Å². The fourth-order valence-electron chi connectivity index (χ4n) is 10.7. The molecule has 0 radical (unpaired) electrons. The molecule has 19 heteroatoms. The molecule has 4 aromatic rings. The molecule has 67 heavy (non-hydrogen) atoms. The third kappa shape index (κ3) is 8.86. The predicted octanol–water partition coefficient (Wildman–Crippen LogP) is 4.26. The summed E-state index contributed by atoms with van der Waals surface area (Å²) < 4.78 is 13.9. The summed E-state index contributed by atoms with van der Waals surface area (Å²) in [4.78, 5) is 92.6. The number of likely N-dealkylation sites (tertiary alicyclic amines) is 1. The minimum absolute atomic E-state index is 0.0719. The molecule has 6 aliphatic rings. The zero-order valence-corrected chi connectivity index (χ0v) is 37.1. The number of nitrogens with zero attached hydrogens (tertiary/aromatic N) is 9. The number of aromatic nitrogens is 3. The lowest BCUT2D eigenvalue weighted by Gasteiger charge is -2.38. The van der Waals surface area contributed by atoms with Crippen LogP contribution in [0.5, 0.6) is 0 Å². The van der Waals surface area contributed by atoms with Crippen LogP contribution in [-0.2, 0) is 9.59 Å². The van der Waals surface area contributed by atoms with Crippen LogP contribution in [0.15, 0.2) is 66.7 Å². The van der Waals surface area contributed by atoms with Gasteiger partial charge in [-0.2, -0.15) is 4.98 Å². The molecule has 6 aliphatic heterocycles. The first-order chi connectivity index (χ1) is 32.5. The van der Waals surface area contributed by atoms with Crippen molar-refractivity contribution in [2.75, 3.05) is 78.9 Å². The monoisotopic (exact) mass is 912 g/mol. The summed E-state index contributed by atoms with van der Waals surface area (Å²) in [6, 6.07) is 18.3. The van der Waals surface area contributed by atoms with Gasteiger partial charge in [0.15, 0.2) is 11.5 Å². The summed E-state index contributed by atoms with van der Waals surface area (Å²) in [7, 11) is 0. The van der Waals surface area contributed by atoms with E-state index in [1.807, 2.05) is 28.0 Å². The van der Waals surface area contributed by atoms with Crippen LogP contribution in [-0.4, -0.2) is 136 Å². The highest BCUT2D eigenvalue weighted by Crippen LogP contribution is 2.35. The van der Waals surface area contributed by atoms with Crippen LogP contribution in [0.1, 0.15) is 94.1 Å². The van der Waals surface area contributed by atoms with Gasteiger partial charge >= 0.3 is 6.03 Å². The fourth-order valence-corrected chi connectivity index (χ4v) is 10.7. The molecule has 2 unspecified atom stereocenters. The number of halogens is 1. The maximum absolute atomic E-state index is 13.9. The number of fused-ring (bicyclic) bond motifs is 1. The number of urea groups is 1. The molecule has 3 aromatic carbocycles. The number of rotatable bonds is 11. The van der Waals surface area contributed by atoms with E-state index in [9.17, 15) is 33.2 Å². The molecule has 0 spiro atoms. The van der Waals surface area contributed by atoms with Crippen molar-refractivity contribution in [3.8, 4) is 0 Å². The first kappa shape index (κ1) is 43.9. The Morgan fingerprint density at radius 3 is 2.30 bits per heavy atom. The normalized spacial score (nSPS) is 22.2. The van der Waals surface area contributed by atoms with Gasteiger partial charge in [0.05, 0.1) is 17.2 Å². The van der Waals surface area contributed by atoms with E-state index in [1.165, 1.54) is 17.7 Å². The van der Waals surface area contributed by atoms with E-state index in [4.69, 9.17) is 10.7 Å². The highest BCUT2D eigenvalue weighted by molar-refractivity contribution is 6.23. The highest BCUT2D eigenvalue weighted by Gasteiger charge is 2.45. The third-order valence-electron chi connectivity index (χ3n) is 14.3. The van der Waals surface area contributed by atoms with Gasteiger partial charge in [0.25, 0.3) is 17.7 Å². The molecule has 4 N–H and O–H groups in total. The Morgan fingerprint density at radius 2 is 1.55 bits per heavy atom. The van der Waals surface area contributed by atoms with Gasteiger partial charge in [0.1, 0.15) is 11.9 Å². The topological polar surface area (TPSA) is 211 Å². The molecule has 1 aromatic heterocycles. The van der Waals surface area contributed by atoms with Crippen molar-refractivity contribution in [2.45, 2.75) is 69.4 Å². The number of amides is 7. The van der Waals surface area contributed by atoms with E-state index in [1.54, 1.807) is 29.2 Å². The van der Waals surface area contributed by atoms with Gasteiger partial charge in [0.2, 0.25) is 17.8 Å². The zero-order chi connectivity index (χ0) is 46.3. The number of carbonyl (C=O) groups is 6. The number of benzene rings is 3. The molecular weight excluding hydrogens is 860 g/mol. The molecule has 7 amide bonds. The SMILES string of the molecule is NC(=O)c1nnc(N2CCCC(N3CCN(c4cccc(F)c4)C3=O)C2)nc1Nc1ccc(C2CCN(CC3CCN(c4ccc5c(c4)C(=O)N(C4CCC(=O)NC4=O)C5=O)CC3)CC2)cc1. The van der Waals surface area contributed by atoms with E-state index >= 15 is 0 Å². The van der Waals surface area contributed by atoms with Crippen LogP contribution in [0.3, 0.4) is 0 Å². The lowest BCUT2D eigenvalue weighted by atomic mass is 9.88. The number of anilines is 5. The van der Waals surface area contributed by atoms with Crippen molar-refractivity contribution in [3.63, 3.8) is 0 Å². The van der Waals surface area contributed by atoms with Crippen molar-refractivity contribution >= 4 is 64.4 Å². The summed E-state index contributed by atoms with van der Waals surface area (Å²) in [5.74, 6) is -1.64. The van der Waals surface area contributed by atoms with Gasteiger partial charge in [-0.25, -0.2) is 9.18 Å². The standard InChI is InChI=1S/C48H53FN12O6/c49-32-3-1-4-35(25-32)59-23-24-60(48(59)67)36-5-2-18-58(28-36)47-53-43(41(42(50)63)54-55-47)51-33-8-6-30(7-9-33)31-16-19-56(20-17-31)27-29-14-21-57(22-15-29)34-10-11-37-38(26-34)46(66)61(45(37)65)39-12-13-40(62)52-44(39)64/h1,3-4,6-11,25-26,29,31,36,39H,2,5,12-24,27-28H2,(H2,50,63)(H,51,53,55)(H,52,62,64). The quantitative estimate of drug-likeness (QED) is 0.180. The van der Waals surface area contributed by atoms with Gasteiger partial charge in [-0.3, -0.25) is 39.1 Å². The predicted molar refractivity (Wildman–Crippen MR) is 246 cm³/mol. The van der Waals surface area contributed by atoms with E-state index in [0.29, 0.717) is 55.2 Å². The molecule has 0 bridgehead atoms. The highest BCUT2D eigenvalue weighted by atomic mass is 19.1. The first-order valence-electron chi connectivity index (χ1n) is 23.3. The van der Waals surface area contributed by atoms with Crippen LogP contribution >= 0.6 is 0 Å². The van der Waals surface area contributed by atoms with Crippen LogP contribution in [0.25, 0.3) is 0 Å². The van der Waals surface area contributed by atoms with Crippen LogP contribution in [0.4, 0.5) is 38.0 Å². The molecule has 10 rings (SSSR count). The summed E-state index contributed by atoms with van der Waals surface area (Å²) in [5.41, 5.74) is 9.63. The third-order valence-corrected chi connectivity index (χ3v) is 14.3. The molecule has 18 nitrogen and oxygen atoms in total. The summed E-state index contributed by atoms with van der Waals surface area (Å²) >= 11 is 0. The number of hydrogen-bond donors (Lipinski definition) is 3. The van der Waals surface area contributed by atoms with Crippen molar-refractivity contribution in [1.82, 2.24) is 35.2 Å². The van der Waals surface area contributed by atoms with Crippen molar-refractivity contribution in [1.29, 1.82) is 0 Å². The molecule has 0 aliphatic carbocycles. The number of piperidine rings is 4. The van der Waals surface area contributed by atoms with E-state index in [0.717, 1.165) is 87.5 Å². The number of nitrogens with two attached hydrogens (primary N) is 1. The largest absolute Gasteiger partial charge is 0.371 e. The Bertz CT molecular complexity index is 2620. The zero-order valence-electron chi connectivity index (χ0n) is 37.1. The van der Waals surface area contributed by atoms with Gasteiger partial charge in [-0.1, -0.05) is 18.2 Å². The number of nitrogens with one attached hydrogen (secondary N) is 2. The van der Waals surface area contributed by atoms with Crippen LogP contribution in [0, 0.1) is 11.7 Å². The maximum atomic E-state index is 13.9. The molecular formula is C48H53FN12O6. The Morgan fingerprint density at radius 1 is 0.776 bits per heavy atom. The first-order valence-corrected chi connectivity index (χ1v) is 23.3. The molecule has 5 saturated heterocycles. The van der Waals surface area contributed by atoms with Crippen molar-refractivity contribution in [3.05, 3.63) is 94.9 Å². The molecule has 0 saturated carbocycles. The van der Waals surface area contributed by atoms with Gasteiger partial charge < -0.3 is 30.7 Å². The maximum Gasteiger partial charge on any atom is 0.324 e. The minimum atomic E-state index is -0.983. The van der Waals surface area contributed by atoms with Crippen molar-refractivity contribution < 1.29 is 33.2 Å². The molecule has 2 atom stereocenters. The van der Waals surface area contributed by atoms with Crippen LogP contribution < -0.4 is 31.1 Å². The lowest BCUT2D eigenvalue weighted by Crippen LogP contribution is -2.54. The average Bonchev–Trinajstić information content (AvgIpc) is 3.84. The number of primary amides is 1. The van der Waals surface area contributed by atoms with Gasteiger partial charge in [-0.15, -0.1) is 10.2 Å². The van der Waals surface area contributed by atoms with Crippen molar-refractivity contribution in [2.24, 2.45) is 11.7 Å². The number of imide groups is 2. The van der Waals surface area contributed by atoms with Gasteiger partial charge in [0, 0.05) is 69.3 Å². The Kier molecular flexibility index (Phi) is 12.0. The van der Waals surface area contributed by atoms with Crippen LogP contribution in [0.2, 0.25) is 0 Å². The average molecular weight is 913 g/mol.